The van der Waals surface area contributed by atoms with Crippen molar-refractivity contribution in [3.8, 4) is 0 Å². The first-order chi connectivity index (χ1) is 9.61. The number of hydrogen-bond acceptors (Lipinski definition) is 3. The lowest BCUT2D eigenvalue weighted by atomic mass is 10.1. The topological polar surface area (TPSA) is 83.5 Å². The first-order valence-electron chi connectivity index (χ1n) is 6.08. The fourth-order valence-corrected chi connectivity index (χ4v) is 1.89. The average molecular weight is 271 g/mol. The highest BCUT2D eigenvalue weighted by atomic mass is 16.4. The number of fused-ring (bicyclic) bond motifs is 1. The summed E-state index contributed by atoms with van der Waals surface area (Å²) in [5.74, 6) is -1.74. The summed E-state index contributed by atoms with van der Waals surface area (Å²) in [7, 11) is 0. The number of carboxylic acid groups (broad SMARTS) is 1. The van der Waals surface area contributed by atoms with Gasteiger partial charge in [-0.25, -0.2) is 4.79 Å². The molecule has 2 N–H and O–H groups in total. The van der Waals surface area contributed by atoms with E-state index in [0.29, 0.717) is 11.8 Å². The van der Waals surface area contributed by atoms with Gasteiger partial charge in [-0.15, -0.1) is 0 Å². The Morgan fingerprint density at radius 1 is 1.15 bits per heavy atom. The summed E-state index contributed by atoms with van der Waals surface area (Å²) >= 11 is 0. The van der Waals surface area contributed by atoms with Crippen molar-refractivity contribution >= 4 is 28.9 Å². The third kappa shape index (κ3) is 3.00. The zero-order valence-corrected chi connectivity index (χ0v) is 10.6. The van der Waals surface area contributed by atoms with Gasteiger partial charge in [0.2, 0.25) is 0 Å². The minimum absolute atomic E-state index is 0.255. The first-order valence-corrected chi connectivity index (χ1v) is 6.08. The number of hydrogen-bond donors (Lipinski definition) is 2. The number of amides is 1. The lowest BCUT2D eigenvalue weighted by Crippen LogP contribution is -2.41. The van der Waals surface area contributed by atoms with E-state index in [9.17, 15) is 14.4 Å². The van der Waals surface area contributed by atoms with Crippen molar-refractivity contribution < 1.29 is 19.5 Å². The monoisotopic (exact) mass is 271 g/mol. The molecule has 0 aromatic heterocycles. The molecule has 2 aromatic carbocycles. The van der Waals surface area contributed by atoms with E-state index in [2.05, 4.69) is 5.32 Å². The van der Waals surface area contributed by atoms with Crippen molar-refractivity contribution in [1.82, 2.24) is 5.32 Å². The van der Waals surface area contributed by atoms with E-state index in [1.165, 1.54) is 0 Å². The number of carbonyl (C=O) groups is 3. The molecule has 5 nitrogen and oxygen atoms in total. The fraction of sp³-hybridized carbons (Fsp3) is 0.133. The maximum absolute atomic E-state index is 12.0. The highest BCUT2D eigenvalue weighted by Gasteiger charge is 2.20. The highest BCUT2D eigenvalue weighted by Crippen LogP contribution is 2.15. The number of carboxylic acids is 1. The van der Waals surface area contributed by atoms with Gasteiger partial charge < -0.3 is 15.2 Å². The molecule has 0 radical (unpaired) electrons. The maximum atomic E-state index is 12.0. The number of carbonyl (C=O) groups excluding carboxylic acids is 2. The molecule has 0 aliphatic rings. The zero-order valence-electron chi connectivity index (χ0n) is 10.6. The van der Waals surface area contributed by atoms with Crippen LogP contribution in [0.5, 0.6) is 0 Å². The Kier molecular flexibility index (Phi) is 4.10. The number of nitrogens with one attached hydrogen (secondary N) is 1. The third-order valence-corrected chi connectivity index (χ3v) is 2.95. The van der Waals surface area contributed by atoms with Crippen LogP contribution in [0.2, 0.25) is 0 Å². The lowest BCUT2D eigenvalue weighted by molar-refractivity contribution is -0.140. The highest BCUT2D eigenvalue weighted by molar-refractivity contribution is 6.00. The van der Waals surface area contributed by atoms with Crippen molar-refractivity contribution in [2.24, 2.45) is 0 Å². The standard InChI is InChI=1S/C15H13NO4/c17-8-7-13(15(19)20)16-14(18)12-6-5-10-3-1-2-4-11(10)9-12/h1-6,8-9,13H,7H2,(H,16,18)(H,19,20). The van der Waals surface area contributed by atoms with Crippen LogP contribution in [0.3, 0.4) is 0 Å². The number of rotatable bonds is 5. The molecule has 0 heterocycles. The van der Waals surface area contributed by atoms with E-state index in [1.54, 1.807) is 18.2 Å². The second-order valence-electron chi connectivity index (χ2n) is 4.33. The van der Waals surface area contributed by atoms with E-state index in [0.717, 1.165) is 10.8 Å². The molecule has 1 unspecified atom stereocenters. The molecular formula is C15H13NO4. The summed E-state index contributed by atoms with van der Waals surface area (Å²) in [6, 6.07) is 11.4. The second kappa shape index (κ2) is 5.97. The normalized spacial score (nSPS) is 11.8. The molecule has 5 heteroatoms. The van der Waals surface area contributed by atoms with Gasteiger partial charge in [0.1, 0.15) is 12.3 Å². The van der Waals surface area contributed by atoms with Gasteiger partial charge in [0, 0.05) is 12.0 Å². The van der Waals surface area contributed by atoms with Crippen LogP contribution < -0.4 is 5.32 Å². The summed E-state index contributed by atoms with van der Waals surface area (Å²) in [5, 5.41) is 13.1. The van der Waals surface area contributed by atoms with Crippen molar-refractivity contribution in [3.05, 3.63) is 48.0 Å². The summed E-state index contributed by atoms with van der Waals surface area (Å²) in [5.41, 5.74) is 0.362. The van der Waals surface area contributed by atoms with Crippen molar-refractivity contribution in [3.63, 3.8) is 0 Å². The quantitative estimate of drug-likeness (QED) is 0.809. The van der Waals surface area contributed by atoms with Gasteiger partial charge >= 0.3 is 5.97 Å². The van der Waals surface area contributed by atoms with Crippen LogP contribution in [-0.2, 0) is 9.59 Å². The molecule has 0 bridgehead atoms. The Balaban J connectivity index is 2.22. The molecule has 0 aliphatic carbocycles. The Hall–Kier alpha value is -2.69. The molecule has 0 spiro atoms. The summed E-state index contributed by atoms with van der Waals surface area (Å²) in [4.78, 5) is 33.3. The molecule has 102 valence electrons. The van der Waals surface area contributed by atoms with E-state index < -0.39 is 17.9 Å². The van der Waals surface area contributed by atoms with Crippen LogP contribution in [0.15, 0.2) is 42.5 Å². The van der Waals surface area contributed by atoms with E-state index in [-0.39, 0.29) is 6.42 Å². The number of benzene rings is 2. The fourth-order valence-electron chi connectivity index (χ4n) is 1.89. The Morgan fingerprint density at radius 3 is 2.50 bits per heavy atom. The Labute approximate surface area is 115 Å². The molecule has 20 heavy (non-hydrogen) atoms. The van der Waals surface area contributed by atoms with Crippen LogP contribution >= 0.6 is 0 Å². The van der Waals surface area contributed by atoms with Crippen molar-refractivity contribution in [2.75, 3.05) is 0 Å². The zero-order chi connectivity index (χ0) is 14.5. The molecular weight excluding hydrogens is 258 g/mol. The molecule has 1 amide bonds. The minimum atomic E-state index is -1.23. The molecule has 2 aromatic rings. The van der Waals surface area contributed by atoms with E-state index in [4.69, 9.17) is 5.11 Å². The first kappa shape index (κ1) is 13.7. The van der Waals surface area contributed by atoms with Gasteiger partial charge in [-0.2, -0.15) is 0 Å². The van der Waals surface area contributed by atoms with Crippen LogP contribution in [0.1, 0.15) is 16.8 Å². The minimum Gasteiger partial charge on any atom is -0.480 e. The maximum Gasteiger partial charge on any atom is 0.326 e. The average Bonchev–Trinajstić information content (AvgIpc) is 2.46. The van der Waals surface area contributed by atoms with Crippen molar-refractivity contribution in [1.29, 1.82) is 0 Å². The molecule has 0 fully saturated rings. The molecule has 0 saturated heterocycles. The molecule has 0 aliphatic heterocycles. The van der Waals surface area contributed by atoms with Gasteiger partial charge in [0.05, 0.1) is 0 Å². The van der Waals surface area contributed by atoms with Crippen LogP contribution in [-0.4, -0.2) is 29.3 Å². The predicted molar refractivity (Wildman–Crippen MR) is 73.5 cm³/mol. The van der Waals surface area contributed by atoms with Gasteiger partial charge in [0.15, 0.2) is 0 Å². The summed E-state index contributed by atoms with van der Waals surface area (Å²) in [6.45, 7) is 0. The molecule has 0 saturated carbocycles. The van der Waals surface area contributed by atoms with Crippen LogP contribution in [0.4, 0.5) is 0 Å². The second-order valence-corrected chi connectivity index (χ2v) is 4.33. The smallest absolute Gasteiger partial charge is 0.326 e. The van der Waals surface area contributed by atoms with Crippen LogP contribution in [0, 0.1) is 0 Å². The SMILES string of the molecule is O=CCC(NC(=O)c1ccc2ccccc2c1)C(=O)O. The molecule has 1 atom stereocenters. The third-order valence-electron chi connectivity index (χ3n) is 2.95. The largest absolute Gasteiger partial charge is 0.480 e. The van der Waals surface area contributed by atoms with Crippen molar-refractivity contribution in [2.45, 2.75) is 12.5 Å². The lowest BCUT2D eigenvalue weighted by Gasteiger charge is -2.12. The Morgan fingerprint density at radius 2 is 1.85 bits per heavy atom. The van der Waals surface area contributed by atoms with Gasteiger partial charge in [-0.3, -0.25) is 4.79 Å². The van der Waals surface area contributed by atoms with E-state index >= 15 is 0 Å². The predicted octanol–water partition coefficient (Wildman–Crippen LogP) is 1.61. The number of aliphatic carboxylic acids is 1. The molecule has 2 rings (SSSR count). The van der Waals surface area contributed by atoms with Crippen LogP contribution in [0.25, 0.3) is 10.8 Å². The van der Waals surface area contributed by atoms with Gasteiger partial charge in [-0.05, 0) is 22.9 Å². The van der Waals surface area contributed by atoms with E-state index in [1.807, 2.05) is 24.3 Å². The van der Waals surface area contributed by atoms with Gasteiger partial charge in [0.25, 0.3) is 5.91 Å². The number of aldehydes is 1. The van der Waals surface area contributed by atoms with Gasteiger partial charge in [-0.1, -0.05) is 30.3 Å². The Bertz CT molecular complexity index is 666. The summed E-state index contributed by atoms with van der Waals surface area (Å²) in [6.07, 6.45) is 0.216. The summed E-state index contributed by atoms with van der Waals surface area (Å²) < 4.78 is 0.